The van der Waals surface area contributed by atoms with Gasteiger partial charge in [-0.15, -0.1) is 0 Å². The van der Waals surface area contributed by atoms with Gasteiger partial charge >= 0.3 is 0 Å². The zero-order valence-electron chi connectivity index (χ0n) is 11.6. The van der Waals surface area contributed by atoms with E-state index in [0.717, 1.165) is 44.2 Å². The molecule has 1 amide bonds. The number of hydrogen-bond donors (Lipinski definition) is 1. The predicted molar refractivity (Wildman–Crippen MR) is 79.1 cm³/mol. The van der Waals surface area contributed by atoms with E-state index < -0.39 is 32.2 Å². The minimum Gasteiger partial charge on any atom is -0.349 e. The topological polar surface area (TPSA) is 115 Å². The van der Waals surface area contributed by atoms with E-state index in [9.17, 15) is 25.0 Å². The Morgan fingerprint density at radius 1 is 1.09 bits per heavy atom. The zero-order chi connectivity index (χ0) is 16.3. The third-order valence-electron chi connectivity index (χ3n) is 3.63. The van der Waals surface area contributed by atoms with Crippen LogP contribution in [0.15, 0.2) is 12.1 Å². The normalized spacial score (nSPS) is 15.3. The third kappa shape index (κ3) is 3.51. The summed E-state index contributed by atoms with van der Waals surface area (Å²) < 4.78 is 0. The molecule has 1 aliphatic rings. The van der Waals surface area contributed by atoms with Crippen molar-refractivity contribution in [2.45, 2.75) is 38.1 Å². The molecule has 0 spiro atoms. The van der Waals surface area contributed by atoms with Crippen molar-refractivity contribution in [1.29, 1.82) is 0 Å². The molecule has 1 fully saturated rings. The van der Waals surface area contributed by atoms with Crippen molar-refractivity contribution in [3.05, 3.63) is 42.9 Å². The Hall–Kier alpha value is -2.22. The Morgan fingerprint density at radius 3 is 2.05 bits per heavy atom. The van der Waals surface area contributed by atoms with E-state index in [1.165, 1.54) is 0 Å². The van der Waals surface area contributed by atoms with Crippen molar-refractivity contribution in [2.75, 3.05) is 0 Å². The summed E-state index contributed by atoms with van der Waals surface area (Å²) in [6.07, 6.45) is 4.80. The van der Waals surface area contributed by atoms with Gasteiger partial charge in [0.25, 0.3) is 17.3 Å². The molecular weight excluding hydrogens is 314 g/mol. The van der Waals surface area contributed by atoms with Crippen molar-refractivity contribution >= 4 is 28.9 Å². The van der Waals surface area contributed by atoms with Crippen LogP contribution < -0.4 is 5.32 Å². The first-order valence-corrected chi connectivity index (χ1v) is 7.21. The number of rotatable bonds is 4. The van der Waals surface area contributed by atoms with Crippen molar-refractivity contribution in [2.24, 2.45) is 0 Å². The predicted octanol–water partition coefficient (Wildman–Crippen LogP) is 3.22. The Kier molecular flexibility index (Phi) is 4.92. The number of nitro groups is 2. The molecule has 2 rings (SSSR count). The van der Waals surface area contributed by atoms with Crippen molar-refractivity contribution < 1.29 is 14.6 Å². The second-order valence-electron chi connectivity index (χ2n) is 5.15. The van der Waals surface area contributed by atoms with Gasteiger partial charge in [0.05, 0.1) is 15.4 Å². The number of nitro benzene ring substituents is 2. The van der Waals surface area contributed by atoms with Crippen LogP contribution in [0.1, 0.15) is 42.5 Å². The SMILES string of the molecule is O=C(NC1CCCCC1)c1cc([N+](=O)[O-])c(Cl)c([N+](=O)[O-])c1. The van der Waals surface area contributed by atoms with Gasteiger partial charge in [-0.05, 0) is 12.8 Å². The van der Waals surface area contributed by atoms with Gasteiger partial charge in [0.2, 0.25) is 0 Å². The zero-order valence-corrected chi connectivity index (χ0v) is 12.3. The molecule has 0 radical (unpaired) electrons. The number of amides is 1. The highest BCUT2D eigenvalue weighted by Crippen LogP contribution is 2.35. The lowest BCUT2D eigenvalue weighted by molar-refractivity contribution is -0.393. The van der Waals surface area contributed by atoms with E-state index in [1.54, 1.807) is 0 Å². The molecule has 0 bridgehead atoms. The number of carbonyl (C=O) groups is 1. The Bertz CT molecular complexity index is 593. The average molecular weight is 328 g/mol. The van der Waals surface area contributed by atoms with Gasteiger partial charge in [0.1, 0.15) is 0 Å². The van der Waals surface area contributed by atoms with Gasteiger partial charge in [-0.2, -0.15) is 0 Å². The van der Waals surface area contributed by atoms with Crippen LogP contribution in [-0.2, 0) is 0 Å². The fourth-order valence-corrected chi connectivity index (χ4v) is 2.75. The van der Waals surface area contributed by atoms with Crippen LogP contribution in [-0.4, -0.2) is 21.8 Å². The summed E-state index contributed by atoms with van der Waals surface area (Å²) in [6, 6.07) is 1.93. The molecule has 0 aliphatic heterocycles. The van der Waals surface area contributed by atoms with E-state index in [1.807, 2.05) is 0 Å². The van der Waals surface area contributed by atoms with Crippen LogP contribution in [0, 0.1) is 20.2 Å². The van der Waals surface area contributed by atoms with Crippen LogP contribution in [0.3, 0.4) is 0 Å². The molecule has 0 atom stereocenters. The van der Waals surface area contributed by atoms with E-state index >= 15 is 0 Å². The van der Waals surface area contributed by atoms with E-state index in [4.69, 9.17) is 11.6 Å². The summed E-state index contributed by atoms with van der Waals surface area (Å²) in [5, 5.41) is 24.0. The molecule has 8 nitrogen and oxygen atoms in total. The highest BCUT2D eigenvalue weighted by atomic mass is 35.5. The van der Waals surface area contributed by atoms with E-state index in [-0.39, 0.29) is 11.6 Å². The second kappa shape index (κ2) is 6.69. The summed E-state index contributed by atoms with van der Waals surface area (Å²) >= 11 is 5.65. The minimum absolute atomic E-state index is 0.00459. The number of hydrogen-bond acceptors (Lipinski definition) is 5. The summed E-state index contributed by atoms with van der Waals surface area (Å²) in [5.41, 5.74) is -1.43. The molecule has 0 aromatic heterocycles. The van der Waals surface area contributed by atoms with E-state index in [0.29, 0.717) is 0 Å². The third-order valence-corrected chi connectivity index (χ3v) is 4.02. The summed E-state index contributed by atoms with van der Waals surface area (Å²) in [5.74, 6) is -0.560. The van der Waals surface area contributed by atoms with Crippen LogP contribution >= 0.6 is 11.6 Å². The van der Waals surface area contributed by atoms with Gasteiger partial charge in [-0.1, -0.05) is 30.9 Å². The second-order valence-corrected chi connectivity index (χ2v) is 5.53. The standard InChI is InChI=1S/C13H14ClN3O5/c14-12-10(16(19)20)6-8(7-11(12)17(21)22)13(18)15-9-4-2-1-3-5-9/h6-7,9H,1-5H2,(H,15,18). The lowest BCUT2D eigenvalue weighted by Gasteiger charge is -2.22. The quantitative estimate of drug-likeness (QED) is 0.673. The molecular formula is C13H14ClN3O5. The number of nitrogens with one attached hydrogen (secondary N) is 1. The Labute approximate surface area is 130 Å². The van der Waals surface area contributed by atoms with Gasteiger partial charge in [0, 0.05) is 18.2 Å². The van der Waals surface area contributed by atoms with Crippen LogP contribution in [0.5, 0.6) is 0 Å². The highest BCUT2D eigenvalue weighted by Gasteiger charge is 2.28. The molecule has 9 heteroatoms. The van der Waals surface area contributed by atoms with Crippen molar-refractivity contribution in [3.8, 4) is 0 Å². The summed E-state index contributed by atoms with van der Waals surface area (Å²) in [7, 11) is 0. The largest absolute Gasteiger partial charge is 0.349 e. The fraction of sp³-hybridized carbons (Fsp3) is 0.462. The number of nitrogens with zero attached hydrogens (tertiary/aromatic N) is 2. The first kappa shape index (κ1) is 16.2. The average Bonchev–Trinajstić information content (AvgIpc) is 2.47. The molecule has 118 valence electrons. The van der Waals surface area contributed by atoms with Gasteiger partial charge in [0.15, 0.2) is 5.02 Å². The maximum Gasteiger partial charge on any atom is 0.295 e. The summed E-state index contributed by atoms with van der Waals surface area (Å²) in [6.45, 7) is 0. The fourth-order valence-electron chi connectivity index (χ4n) is 2.51. The maximum atomic E-state index is 12.2. The highest BCUT2D eigenvalue weighted by molar-refractivity contribution is 6.35. The number of carbonyl (C=O) groups excluding carboxylic acids is 1. The van der Waals surface area contributed by atoms with Crippen molar-refractivity contribution in [3.63, 3.8) is 0 Å². The molecule has 1 saturated carbocycles. The van der Waals surface area contributed by atoms with Crippen LogP contribution in [0.25, 0.3) is 0 Å². The Morgan fingerprint density at radius 2 is 1.59 bits per heavy atom. The lowest BCUT2D eigenvalue weighted by atomic mass is 9.95. The van der Waals surface area contributed by atoms with Crippen molar-refractivity contribution in [1.82, 2.24) is 5.32 Å². The van der Waals surface area contributed by atoms with Gasteiger partial charge in [-0.25, -0.2) is 0 Å². The first-order valence-electron chi connectivity index (χ1n) is 6.83. The monoisotopic (exact) mass is 327 g/mol. The molecule has 22 heavy (non-hydrogen) atoms. The molecule has 0 unspecified atom stereocenters. The lowest BCUT2D eigenvalue weighted by Crippen LogP contribution is -2.36. The van der Waals surface area contributed by atoms with Gasteiger partial charge < -0.3 is 5.32 Å². The summed E-state index contributed by atoms with van der Waals surface area (Å²) in [4.78, 5) is 32.3. The molecule has 1 aliphatic carbocycles. The van der Waals surface area contributed by atoms with Crippen LogP contribution in [0.2, 0.25) is 5.02 Å². The molecule has 1 aromatic carbocycles. The molecule has 0 heterocycles. The molecule has 1 N–H and O–H groups in total. The van der Waals surface area contributed by atoms with Gasteiger partial charge in [-0.3, -0.25) is 25.0 Å². The number of benzene rings is 1. The Balaban J connectivity index is 2.31. The molecule has 0 saturated heterocycles. The molecule has 1 aromatic rings. The first-order chi connectivity index (χ1) is 10.4. The smallest absolute Gasteiger partial charge is 0.295 e. The van der Waals surface area contributed by atoms with Crippen LogP contribution in [0.4, 0.5) is 11.4 Å². The van der Waals surface area contributed by atoms with E-state index in [2.05, 4.69) is 5.32 Å². The minimum atomic E-state index is -0.841. The number of halogens is 1. The maximum absolute atomic E-state index is 12.2.